The number of nitrogens with zero attached hydrogens (tertiary/aromatic N) is 1. The van der Waals surface area contributed by atoms with Gasteiger partial charge in [-0.3, -0.25) is 14.9 Å². The molecule has 0 aromatic heterocycles. The molecule has 0 heterocycles. The highest BCUT2D eigenvalue weighted by Gasteiger charge is 2.15. The molecule has 0 aliphatic heterocycles. The molecule has 5 nitrogen and oxygen atoms in total. The average Bonchev–Trinajstić information content (AvgIpc) is 1.59. The third kappa shape index (κ3) is 1.85. The molecule has 0 fully saturated rings. The monoisotopic (exact) mass is 144 g/mol. The topological polar surface area (TPSA) is 83.3 Å². The van der Waals surface area contributed by atoms with E-state index in [1.54, 1.807) is 0 Å². The van der Waals surface area contributed by atoms with Crippen LogP contribution in [-0.4, -0.2) is 10.7 Å². The Balaban J connectivity index is 4.79. The Morgan fingerprint density at radius 1 is 1.40 bits per heavy atom. The molecular formula is C5H6NO4-. The summed E-state index contributed by atoms with van der Waals surface area (Å²) in [5, 5.41) is 20.2. The molecule has 0 aliphatic carbocycles. The minimum Gasteiger partial charge on any atom is -0.871 e. The molecule has 10 heavy (non-hydrogen) atoms. The molecule has 0 aromatic rings. The summed E-state index contributed by atoms with van der Waals surface area (Å²) in [5.41, 5.74) is -0.861. The summed E-state index contributed by atoms with van der Waals surface area (Å²) in [4.78, 5) is 19.3. The van der Waals surface area contributed by atoms with Gasteiger partial charge in [0, 0.05) is 6.92 Å². The van der Waals surface area contributed by atoms with Crippen LogP contribution in [0, 0.1) is 10.1 Å². The standard InChI is InChI=1S/C5H7NO4/c1-3(7)5(4(2)8)6(9)10/h7H,1-2H3/p-1. The number of hydrogen-bond acceptors (Lipinski definition) is 4. The largest absolute Gasteiger partial charge is 0.871 e. The number of hydrogen-bond donors (Lipinski definition) is 0. The molecule has 0 saturated carbocycles. The number of Topliss-reactive ketones (excluding diaryl/α,β-unsaturated/α-hetero) is 1. The highest BCUT2D eigenvalue weighted by Crippen LogP contribution is 1.99. The molecule has 0 atom stereocenters. The second-order valence-electron chi connectivity index (χ2n) is 1.72. The molecule has 0 N–H and O–H groups in total. The van der Waals surface area contributed by atoms with E-state index in [-0.39, 0.29) is 0 Å². The van der Waals surface area contributed by atoms with Crippen molar-refractivity contribution >= 4 is 5.78 Å². The first-order valence-corrected chi connectivity index (χ1v) is 2.50. The van der Waals surface area contributed by atoms with Gasteiger partial charge in [0.2, 0.25) is 5.78 Å². The fourth-order valence-corrected chi connectivity index (χ4v) is 0.505. The number of nitro groups is 1. The SMILES string of the molecule is CC(=O)C(=C(C)[O-])[N+](=O)[O-]. The predicted molar refractivity (Wildman–Crippen MR) is 30.4 cm³/mol. The smallest absolute Gasteiger partial charge is 0.299 e. The maximum Gasteiger partial charge on any atom is 0.299 e. The van der Waals surface area contributed by atoms with Crippen molar-refractivity contribution in [1.82, 2.24) is 0 Å². The maximum atomic E-state index is 10.3. The molecule has 0 aliphatic rings. The summed E-state index contributed by atoms with van der Waals surface area (Å²) in [6, 6.07) is 0. The summed E-state index contributed by atoms with van der Waals surface area (Å²) in [7, 11) is 0. The number of carbonyl (C=O) groups excluding carboxylic acids is 1. The first kappa shape index (κ1) is 8.61. The van der Waals surface area contributed by atoms with Crippen LogP contribution < -0.4 is 5.11 Å². The quantitative estimate of drug-likeness (QED) is 0.225. The lowest BCUT2D eigenvalue weighted by molar-refractivity contribution is -0.435. The summed E-state index contributed by atoms with van der Waals surface area (Å²) >= 11 is 0. The number of allylic oxidation sites excluding steroid dienone is 2. The van der Waals surface area contributed by atoms with Crippen LogP contribution in [0.1, 0.15) is 13.8 Å². The lowest BCUT2D eigenvalue weighted by Crippen LogP contribution is -2.16. The highest BCUT2D eigenvalue weighted by atomic mass is 16.6. The molecule has 0 aromatic carbocycles. The van der Waals surface area contributed by atoms with E-state index >= 15 is 0 Å². The Morgan fingerprint density at radius 3 is 1.80 bits per heavy atom. The third-order valence-electron chi connectivity index (χ3n) is 0.850. The Labute approximate surface area is 57.1 Å². The Bertz CT molecular complexity index is 186. The van der Waals surface area contributed by atoms with E-state index in [4.69, 9.17) is 0 Å². The number of rotatable bonds is 2. The van der Waals surface area contributed by atoms with Gasteiger partial charge in [-0.05, 0) is 6.92 Å². The lowest BCUT2D eigenvalue weighted by atomic mass is 10.3. The fourth-order valence-electron chi connectivity index (χ4n) is 0.505. The third-order valence-corrected chi connectivity index (χ3v) is 0.850. The molecular weight excluding hydrogens is 138 g/mol. The van der Waals surface area contributed by atoms with Gasteiger partial charge in [-0.25, -0.2) is 0 Å². The second kappa shape index (κ2) is 2.95. The van der Waals surface area contributed by atoms with Gasteiger partial charge in [0.25, 0.3) is 5.70 Å². The van der Waals surface area contributed by atoms with Gasteiger partial charge in [0.1, 0.15) is 0 Å². The predicted octanol–water partition coefficient (Wildman–Crippen LogP) is -0.556. The molecule has 0 radical (unpaired) electrons. The van der Waals surface area contributed by atoms with Gasteiger partial charge in [0.05, 0.1) is 4.92 Å². The molecule has 0 amide bonds. The van der Waals surface area contributed by atoms with Crippen molar-refractivity contribution < 1.29 is 14.8 Å². The summed E-state index contributed by atoms with van der Waals surface area (Å²) < 4.78 is 0. The van der Waals surface area contributed by atoms with Crippen LogP contribution in [0.5, 0.6) is 0 Å². The normalized spacial score (nSPS) is 12.2. The molecule has 0 bridgehead atoms. The molecule has 0 saturated heterocycles. The van der Waals surface area contributed by atoms with Gasteiger partial charge >= 0.3 is 0 Å². The zero-order valence-electron chi connectivity index (χ0n) is 5.58. The van der Waals surface area contributed by atoms with Crippen LogP contribution in [0.4, 0.5) is 0 Å². The van der Waals surface area contributed by atoms with Crippen molar-refractivity contribution in [3.05, 3.63) is 21.6 Å². The summed E-state index contributed by atoms with van der Waals surface area (Å²) in [5.74, 6) is -1.62. The Kier molecular flexibility index (Phi) is 2.54. The minimum absolute atomic E-state index is 0.808. The van der Waals surface area contributed by atoms with E-state index in [1.165, 1.54) is 0 Å². The van der Waals surface area contributed by atoms with E-state index in [0.29, 0.717) is 0 Å². The second-order valence-corrected chi connectivity index (χ2v) is 1.72. The van der Waals surface area contributed by atoms with Crippen LogP contribution in [-0.2, 0) is 4.79 Å². The number of ketones is 1. The van der Waals surface area contributed by atoms with Gasteiger partial charge in [0.15, 0.2) is 0 Å². The van der Waals surface area contributed by atoms with Crippen molar-refractivity contribution in [2.24, 2.45) is 0 Å². The van der Waals surface area contributed by atoms with E-state index in [9.17, 15) is 20.0 Å². The Morgan fingerprint density at radius 2 is 1.80 bits per heavy atom. The van der Waals surface area contributed by atoms with Gasteiger partial charge < -0.3 is 5.11 Å². The van der Waals surface area contributed by atoms with Crippen LogP contribution >= 0.6 is 0 Å². The average molecular weight is 144 g/mol. The minimum atomic E-state index is -0.968. The van der Waals surface area contributed by atoms with Crippen LogP contribution in [0.2, 0.25) is 0 Å². The zero-order chi connectivity index (χ0) is 8.31. The molecule has 0 rings (SSSR count). The molecule has 0 unspecified atom stereocenters. The van der Waals surface area contributed by atoms with E-state index < -0.39 is 22.2 Å². The van der Waals surface area contributed by atoms with Crippen molar-refractivity contribution in [1.29, 1.82) is 0 Å². The van der Waals surface area contributed by atoms with Gasteiger partial charge in [-0.1, -0.05) is 5.76 Å². The highest BCUT2D eigenvalue weighted by molar-refractivity contribution is 5.90. The van der Waals surface area contributed by atoms with Crippen LogP contribution in [0.25, 0.3) is 0 Å². The van der Waals surface area contributed by atoms with Crippen molar-refractivity contribution in [3.8, 4) is 0 Å². The van der Waals surface area contributed by atoms with E-state index in [1.807, 2.05) is 0 Å². The van der Waals surface area contributed by atoms with Crippen molar-refractivity contribution in [2.45, 2.75) is 13.8 Å². The summed E-state index contributed by atoms with van der Waals surface area (Å²) in [6.07, 6.45) is 0. The van der Waals surface area contributed by atoms with Crippen LogP contribution in [0.15, 0.2) is 11.5 Å². The van der Waals surface area contributed by atoms with Gasteiger partial charge in [-0.2, -0.15) is 0 Å². The fraction of sp³-hybridized carbons (Fsp3) is 0.400. The molecule has 5 heteroatoms. The molecule has 0 spiro atoms. The first-order chi connectivity index (χ1) is 4.46. The summed E-state index contributed by atoms with van der Waals surface area (Å²) in [6.45, 7) is 1.97. The Hall–Kier alpha value is -1.39. The van der Waals surface area contributed by atoms with E-state index in [2.05, 4.69) is 0 Å². The maximum absolute atomic E-state index is 10.3. The lowest BCUT2D eigenvalue weighted by Gasteiger charge is -2.02. The number of carbonyl (C=O) groups is 1. The van der Waals surface area contributed by atoms with E-state index in [0.717, 1.165) is 13.8 Å². The van der Waals surface area contributed by atoms with Crippen molar-refractivity contribution in [3.63, 3.8) is 0 Å². The van der Waals surface area contributed by atoms with Crippen LogP contribution in [0.3, 0.4) is 0 Å². The van der Waals surface area contributed by atoms with Gasteiger partial charge in [-0.15, -0.1) is 0 Å². The molecule has 56 valence electrons. The van der Waals surface area contributed by atoms with Crippen molar-refractivity contribution in [2.75, 3.05) is 0 Å². The zero-order valence-corrected chi connectivity index (χ0v) is 5.58. The first-order valence-electron chi connectivity index (χ1n) is 2.50.